The van der Waals surface area contributed by atoms with Crippen LogP contribution in [-0.4, -0.2) is 35.9 Å². The molecule has 136 valence electrons. The lowest BCUT2D eigenvalue weighted by Crippen LogP contribution is -2.24. The molecular formula is C16H14ClN3O6. The Hall–Kier alpha value is -3.33. The minimum absolute atomic E-state index is 0.0184. The normalized spacial score (nSPS) is 10.5. The van der Waals surface area contributed by atoms with Crippen molar-refractivity contribution in [2.24, 2.45) is 5.10 Å². The molecule has 0 unspecified atom stereocenters. The van der Waals surface area contributed by atoms with E-state index in [1.165, 1.54) is 13.2 Å². The second kappa shape index (κ2) is 8.67. The molecular weight excluding hydrogens is 366 g/mol. The van der Waals surface area contributed by atoms with Gasteiger partial charge in [-0.1, -0.05) is 23.7 Å². The number of hydrogen-bond donors (Lipinski definition) is 2. The zero-order valence-electron chi connectivity index (χ0n) is 13.5. The number of hydrazone groups is 1. The highest BCUT2D eigenvalue weighted by molar-refractivity contribution is 6.31. The Balaban J connectivity index is 1.98. The van der Waals surface area contributed by atoms with Crippen LogP contribution in [0.4, 0.5) is 5.69 Å². The standard InChI is InChI=1S/C16H14ClN3O6/c1-25-13-4-2-3-5-14(13)26-9-15(21)19-18-8-10-6-11(17)7-12(16(10)22)20(23)24/h2-8,22H,9H2,1H3,(H,19,21)/b18-8-. The summed E-state index contributed by atoms with van der Waals surface area (Å²) in [4.78, 5) is 21.8. The van der Waals surface area contributed by atoms with Crippen molar-refractivity contribution in [2.75, 3.05) is 13.7 Å². The lowest BCUT2D eigenvalue weighted by molar-refractivity contribution is -0.385. The molecule has 0 radical (unpaired) electrons. The van der Waals surface area contributed by atoms with Crippen molar-refractivity contribution in [3.63, 3.8) is 0 Å². The van der Waals surface area contributed by atoms with Crippen molar-refractivity contribution in [3.8, 4) is 17.2 Å². The van der Waals surface area contributed by atoms with Crippen LogP contribution in [0.5, 0.6) is 17.2 Å². The minimum Gasteiger partial charge on any atom is -0.502 e. The number of aromatic hydroxyl groups is 1. The summed E-state index contributed by atoms with van der Waals surface area (Å²) in [6.45, 7) is -0.334. The third-order valence-corrected chi connectivity index (χ3v) is 3.32. The molecule has 0 bridgehead atoms. The van der Waals surface area contributed by atoms with Gasteiger partial charge in [-0.2, -0.15) is 5.10 Å². The molecule has 0 aromatic heterocycles. The van der Waals surface area contributed by atoms with E-state index in [0.717, 1.165) is 12.3 Å². The van der Waals surface area contributed by atoms with E-state index in [4.69, 9.17) is 21.1 Å². The maximum Gasteiger partial charge on any atom is 0.312 e. The summed E-state index contributed by atoms with van der Waals surface area (Å²) in [7, 11) is 1.48. The average Bonchev–Trinajstić information content (AvgIpc) is 2.62. The molecule has 0 aliphatic carbocycles. The maximum absolute atomic E-state index is 11.7. The SMILES string of the molecule is COc1ccccc1OCC(=O)N/N=C\c1cc(Cl)cc([N+](=O)[O-])c1O. The van der Waals surface area contributed by atoms with Crippen LogP contribution in [0.2, 0.25) is 5.02 Å². The van der Waals surface area contributed by atoms with Gasteiger partial charge in [-0.05, 0) is 18.2 Å². The maximum atomic E-state index is 11.7. The van der Waals surface area contributed by atoms with Crippen LogP contribution in [0.15, 0.2) is 41.5 Å². The number of nitro benzene ring substituents is 1. The number of nitro groups is 1. The fourth-order valence-corrected chi connectivity index (χ4v) is 2.15. The van der Waals surface area contributed by atoms with Crippen LogP contribution in [0.1, 0.15) is 5.56 Å². The second-order valence-electron chi connectivity index (χ2n) is 4.85. The van der Waals surface area contributed by atoms with E-state index in [9.17, 15) is 20.0 Å². The van der Waals surface area contributed by atoms with Gasteiger partial charge in [-0.3, -0.25) is 14.9 Å². The molecule has 0 saturated heterocycles. The Kier molecular flexibility index (Phi) is 6.34. The highest BCUT2D eigenvalue weighted by Gasteiger charge is 2.17. The van der Waals surface area contributed by atoms with Crippen LogP contribution in [0, 0.1) is 10.1 Å². The van der Waals surface area contributed by atoms with Gasteiger partial charge in [0.25, 0.3) is 5.91 Å². The predicted octanol–water partition coefficient (Wildman–Crippen LogP) is 2.49. The van der Waals surface area contributed by atoms with Crippen LogP contribution in [0.3, 0.4) is 0 Å². The molecule has 1 amide bonds. The molecule has 0 heterocycles. The number of phenolic OH excluding ortho intramolecular Hbond substituents is 1. The van der Waals surface area contributed by atoms with E-state index in [1.807, 2.05) is 0 Å². The summed E-state index contributed by atoms with van der Waals surface area (Å²) in [5.74, 6) is -0.331. The Morgan fingerprint density at radius 3 is 2.73 bits per heavy atom. The predicted molar refractivity (Wildman–Crippen MR) is 94.0 cm³/mol. The summed E-state index contributed by atoms with van der Waals surface area (Å²) in [6.07, 6.45) is 1.04. The van der Waals surface area contributed by atoms with Gasteiger partial charge in [-0.25, -0.2) is 5.43 Å². The van der Waals surface area contributed by atoms with Crippen LogP contribution >= 0.6 is 11.6 Å². The van der Waals surface area contributed by atoms with Gasteiger partial charge in [0.05, 0.1) is 18.2 Å². The number of amides is 1. The molecule has 9 nitrogen and oxygen atoms in total. The number of carbonyl (C=O) groups excluding carboxylic acids is 1. The van der Waals surface area contributed by atoms with E-state index in [-0.39, 0.29) is 17.2 Å². The largest absolute Gasteiger partial charge is 0.502 e. The van der Waals surface area contributed by atoms with E-state index in [2.05, 4.69) is 10.5 Å². The number of phenols is 1. The number of nitrogens with one attached hydrogen (secondary N) is 1. The smallest absolute Gasteiger partial charge is 0.312 e. The first-order chi connectivity index (χ1) is 12.4. The highest BCUT2D eigenvalue weighted by Crippen LogP contribution is 2.32. The molecule has 2 aromatic rings. The van der Waals surface area contributed by atoms with Gasteiger partial charge in [0, 0.05) is 16.7 Å². The van der Waals surface area contributed by atoms with Crippen molar-refractivity contribution >= 4 is 29.4 Å². The molecule has 0 aliphatic rings. The van der Waals surface area contributed by atoms with Crippen LogP contribution < -0.4 is 14.9 Å². The minimum atomic E-state index is -0.780. The molecule has 0 fully saturated rings. The molecule has 0 aliphatic heterocycles. The van der Waals surface area contributed by atoms with Gasteiger partial charge in [0.1, 0.15) is 0 Å². The third-order valence-electron chi connectivity index (χ3n) is 3.10. The Labute approximate surface area is 153 Å². The zero-order valence-corrected chi connectivity index (χ0v) is 14.3. The number of halogens is 1. The average molecular weight is 380 g/mol. The third kappa shape index (κ3) is 4.84. The van der Waals surface area contributed by atoms with E-state index in [1.54, 1.807) is 24.3 Å². The number of rotatable bonds is 7. The number of hydrogen-bond acceptors (Lipinski definition) is 7. The number of ether oxygens (including phenoxy) is 2. The summed E-state index contributed by atoms with van der Waals surface area (Å²) < 4.78 is 10.4. The van der Waals surface area contributed by atoms with Crippen molar-refractivity contribution in [1.29, 1.82) is 0 Å². The lowest BCUT2D eigenvalue weighted by atomic mass is 10.2. The Morgan fingerprint density at radius 2 is 2.08 bits per heavy atom. The first-order valence-corrected chi connectivity index (χ1v) is 7.54. The molecule has 0 atom stereocenters. The van der Waals surface area contributed by atoms with Gasteiger partial charge in [-0.15, -0.1) is 0 Å². The van der Waals surface area contributed by atoms with Crippen LogP contribution in [-0.2, 0) is 4.79 Å². The second-order valence-corrected chi connectivity index (χ2v) is 5.29. The molecule has 26 heavy (non-hydrogen) atoms. The molecule has 0 saturated carbocycles. The first-order valence-electron chi connectivity index (χ1n) is 7.17. The number of nitrogens with zero attached hydrogens (tertiary/aromatic N) is 2. The fourth-order valence-electron chi connectivity index (χ4n) is 1.93. The van der Waals surface area contributed by atoms with Crippen molar-refractivity contribution in [1.82, 2.24) is 5.43 Å². The van der Waals surface area contributed by atoms with E-state index < -0.39 is 22.3 Å². The summed E-state index contributed by atoms with van der Waals surface area (Å²) in [5, 5.41) is 24.3. The Bertz CT molecular complexity index is 856. The van der Waals surface area contributed by atoms with Gasteiger partial charge in [0.2, 0.25) is 5.75 Å². The van der Waals surface area contributed by atoms with Gasteiger partial charge < -0.3 is 14.6 Å². The topological polar surface area (TPSA) is 123 Å². The molecule has 2 N–H and O–H groups in total. The monoisotopic (exact) mass is 379 g/mol. The first kappa shape index (κ1) is 19.0. The zero-order chi connectivity index (χ0) is 19.1. The van der Waals surface area contributed by atoms with Crippen LogP contribution in [0.25, 0.3) is 0 Å². The molecule has 0 spiro atoms. The number of methoxy groups -OCH3 is 1. The number of para-hydroxylation sites is 2. The highest BCUT2D eigenvalue weighted by atomic mass is 35.5. The lowest BCUT2D eigenvalue weighted by Gasteiger charge is -2.09. The van der Waals surface area contributed by atoms with Crippen molar-refractivity contribution < 1.29 is 24.3 Å². The van der Waals surface area contributed by atoms with Crippen molar-refractivity contribution in [3.05, 3.63) is 57.1 Å². The number of carbonyl (C=O) groups is 1. The van der Waals surface area contributed by atoms with Crippen molar-refractivity contribution in [2.45, 2.75) is 0 Å². The van der Waals surface area contributed by atoms with E-state index >= 15 is 0 Å². The molecule has 2 rings (SSSR count). The number of benzene rings is 2. The molecule has 10 heteroatoms. The Morgan fingerprint density at radius 1 is 1.38 bits per heavy atom. The van der Waals surface area contributed by atoms with E-state index in [0.29, 0.717) is 11.5 Å². The van der Waals surface area contributed by atoms with Gasteiger partial charge in [0.15, 0.2) is 18.1 Å². The molecule has 2 aromatic carbocycles. The van der Waals surface area contributed by atoms with Gasteiger partial charge >= 0.3 is 5.69 Å². The summed E-state index contributed by atoms with van der Waals surface area (Å²) in [6, 6.07) is 9.08. The quantitative estimate of drug-likeness (QED) is 0.432. The fraction of sp³-hybridized carbons (Fsp3) is 0.125. The summed E-state index contributed by atoms with van der Waals surface area (Å²) in [5.41, 5.74) is 1.59. The summed E-state index contributed by atoms with van der Waals surface area (Å²) >= 11 is 5.76.